The van der Waals surface area contributed by atoms with Crippen molar-refractivity contribution in [2.75, 3.05) is 0 Å². The quantitative estimate of drug-likeness (QED) is 0.659. The lowest BCUT2D eigenvalue weighted by atomic mass is 9.46. The van der Waals surface area contributed by atoms with Gasteiger partial charge in [0.25, 0.3) is 0 Å². The highest BCUT2D eigenvalue weighted by Gasteiger charge is 2.75. The van der Waals surface area contributed by atoms with Crippen LogP contribution in [0.4, 0.5) is 0 Å². The van der Waals surface area contributed by atoms with E-state index in [1.54, 1.807) is 6.92 Å². The molecule has 0 N–H and O–H groups in total. The van der Waals surface area contributed by atoms with Gasteiger partial charge in [0.15, 0.2) is 0 Å². The molecule has 4 atom stereocenters. The lowest BCUT2D eigenvalue weighted by Gasteiger charge is -2.62. The van der Waals surface area contributed by atoms with Crippen LogP contribution in [0.1, 0.15) is 73.1 Å². The summed E-state index contributed by atoms with van der Waals surface area (Å²) in [4.78, 5) is 11.8. The van der Waals surface area contributed by atoms with Crippen molar-refractivity contribution in [3.63, 3.8) is 0 Å². The Kier molecular flexibility index (Phi) is 2.52. The standard InChI is InChI=1S/C17H28O2/c1-12(18)19-17-11-14(2,3)13-7-10-15(17,4)8-6-9-16(13,17)5/h13H,6-11H2,1-5H3/t13-,15+,16-,17+/m0/s1. The summed E-state index contributed by atoms with van der Waals surface area (Å²) < 4.78 is 6.14. The Morgan fingerprint density at radius 1 is 1.11 bits per heavy atom. The molecule has 2 nitrogen and oxygen atoms in total. The molecule has 19 heavy (non-hydrogen) atoms. The monoisotopic (exact) mass is 264 g/mol. The molecular weight excluding hydrogens is 236 g/mol. The summed E-state index contributed by atoms with van der Waals surface area (Å²) in [5, 5.41) is 0. The van der Waals surface area contributed by atoms with Crippen molar-refractivity contribution < 1.29 is 9.53 Å². The van der Waals surface area contributed by atoms with E-state index in [0.717, 1.165) is 6.42 Å². The Morgan fingerprint density at radius 3 is 2.42 bits per heavy atom. The first-order chi connectivity index (χ1) is 8.67. The van der Waals surface area contributed by atoms with Crippen LogP contribution in [0, 0.1) is 22.2 Å². The Bertz CT molecular complexity index is 427. The third-order valence-corrected chi connectivity index (χ3v) is 7.04. The molecule has 0 aromatic heterocycles. The lowest BCUT2D eigenvalue weighted by molar-refractivity contribution is -0.232. The van der Waals surface area contributed by atoms with Crippen molar-refractivity contribution in [1.82, 2.24) is 0 Å². The maximum absolute atomic E-state index is 11.8. The van der Waals surface area contributed by atoms with E-state index in [1.807, 2.05) is 0 Å². The number of carbonyl (C=O) groups excluding carboxylic acids is 1. The van der Waals surface area contributed by atoms with Crippen LogP contribution in [0.2, 0.25) is 0 Å². The van der Waals surface area contributed by atoms with Crippen molar-refractivity contribution in [3.8, 4) is 0 Å². The van der Waals surface area contributed by atoms with Crippen LogP contribution in [-0.2, 0) is 9.53 Å². The minimum atomic E-state index is -0.212. The predicted octanol–water partition coefficient (Wildman–Crippen LogP) is 4.32. The smallest absolute Gasteiger partial charge is 0.303 e. The zero-order chi connectivity index (χ0) is 14.1. The summed E-state index contributed by atoms with van der Waals surface area (Å²) in [7, 11) is 0. The van der Waals surface area contributed by atoms with Crippen molar-refractivity contribution in [1.29, 1.82) is 0 Å². The van der Waals surface area contributed by atoms with E-state index in [2.05, 4.69) is 27.7 Å². The van der Waals surface area contributed by atoms with Crippen molar-refractivity contribution >= 4 is 5.97 Å². The van der Waals surface area contributed by atoms with Crippen LogP contribution in [0.3, 0.4) is 0 Å². The molecule has 0 amide bonds. The van der Waals surface area contributed by atoms with E-state index < -0.39 is 0 Å². The van der Waals surface area contributed by atoms with Gasteiger partial charge in [0.2, 0.25) is 0 Å². The van der Waals surface area contributed by atoms with Gasteiger partial charge in [0.05, 0.1) is 0 Å². The zero-order valence-corrected chi connectivity index (χ0v) is 13.1. The second kappa shape index (κ2) is 3.56. The van der Waals surface area contributed by atoms with E-state index in [0.29, 0.717) is 11.3 Å². The number of ether oxygens (including phenoxy) is 1. The van der Waals surface area contributed by atoms with Gasteiger partial charge >= 0.3 is 5.97 Å². The summed E-state index contributed by atoms with van der Waals surface area (Å²) in [6.07, 6.45) is 7.33. The molecule has 0 unspecified atom stereocenters. The van der Waals surface area contributed by atoms with Gasteiger partial charge in [0, 0.05) is 17.8 Å². The Labute approximate surface area is 117 Å². The van der Waals surface area contributed by atoms with Gasteiger partial charge in [-0.3, -0.25) is 4.79 Å². The third kappa shape index (κ3) is 1.41. The van der Waals surface area contributed by atoms with Crippen molar-refractivity contribution in [2.24, 2.45) is 22.2 Å². The Balaban J connectivity index is 2.18. The molecule has 0 radical (unpaired) electrons. The summed E-state index contributed by atoms with van der Waals surface area (Å²) in [5.41, 5.74) is 0.464. The van der Waals surface area contributed by atoms with Crippen LogP contribution >= 0.6 is 0 Å². The highest BCUT2D eigenvalue weighted by molar-refractivity contribution is 5.67. The highest BCUT2D eigenvalue weighted by atomic mass is 16.6. The average molecular weight is 264 g/mol. The fourth-order valence-corrected chi connectivity index (χ4v) is 6.46. The van der Waals surface area contributed by atoms with Gasteiger partial charge in [-0.1, -0.05) is 34.1 Å². The van der Waals surface area contributed by atoms with Crippen molar-refractivity contribution in [3.05, 3.63) is 0 Å². The maximum atomic E-state index is 11.8. The number of hydrogen-bond donors (Lipinski definition) is 0. The molecule has 3 aliphatic carbocycles. The molecule has 0 heterocycles. The minimum absolute atomic E-state index is 0.0855. The van der Waals surface area contributed by atoms with Crippen LogP contribution < -0.4 is 0 Å². The third-order valence-electron chi connectivity index (χ3n) is 7.04. The van der Waals surface area contributed by atoms with E-state index in [-0.39, 0.29) is 22.4 Å². The van der Waals surface area contributed by atoms with Gasteiger partial charge in [-0.25, -0.2) is 0 Å². The normalized spacial score (nSPS) is 50.9. The first kappa shape index (κ1) is 13.5. The van der Waals surface area contributed by atoms with Gasteiger partial charge in [-0.05, 0) is 43.4 Å². The molecule has 0 aromatic rings. The molecule has 0 aromatic carbocycles. The van der Waals surface area contributed by atoms with E-state index in [4.69, 9.17) is 4.74 Å². The number of hydrogen-bond acceptors (Lipinski definition) is 2. The fourth-order valence-electron chi connectivity index (χ4n) is 6.46. The molecule has 2 heteroatoms. The molecule has 108 valence electrons. The lowest BCUT2D eigenvalue weighted by Crippen LogP contribution is -2.63. The topological polar surface area (TPSA) is 26.3 Å². The summed E-state index contributed by atoms with van der Waals surface area (Å²) >= 11 is 0. The van der Waals surface area contributed by atoms with Crippen LogP contribution in [0.25, 0.3) is 0 Å². The molecule has 3 fully saturated rings. The van der Waals surface area contributed by atoms with Crippen molar-refractivity contribution in [2.45, 2.75) is 78.7 Å². The van der Waals surface area contributed by atoms with E-state index in [9.17, 15) is 4.79 Å². The molecule has 3 aliphatic rings. The van der Waals surface area contributed by atoms with Gasteiger partial charge < -0.3 is 4.74 Å². The SMILES string of the molecule is CC(=O)O[C@]12CC(C)(C)[C@@H]3CC[C@@]1(C)CCC[C@@]32C. The van der Waals surface area contributed by atoms with Crippen LogP contribution in [0.15, 0.2) is 0 Å². The fraction of sp³-hybridized carbons (Fsp3) is 0.941. The molecule has 4 bridgehead atoms. The predicted molar refractivity (Wildman–Crippen MR) is 75.7 cm³/mol. The first-order valence-corrected chi connectivity index (χ1v) is 7.87. The average Bonchev–Trinajstić information content (AvgIpc) is 2.32. The maximum Gasteiger partial charge on any atom is 0.303 e. The van der Waals surface area contributed by atoms with Gasteiger partial charge in [-0.15, -0.1) is 0 Å². The number of rotatable bonds is 1. The summed E-state index contributed by atoms with van der Waals surface area (Å²) in [6, 6.07) is 0. The molecule has 0 saturated heterocycles. The summed E-state index contributed by atoms with van der Waals surface area (Å²) in [6.45, 7) is 11.2. The molecule has 0 spiro atoms. The minimum Gasteiger partial charge on any atom is -0.458 e. The van der Waals surface area contributed by atoms with Gasteiger partial charge in [-0.2, -0.15) is 0 Å². The largest absolute Gasteiger partial charge is 0.458 e. The molecule has 3 saturated carbocycles. The van der Waals surface area contributed by atoms with E-state index in [1.165, 1.54) is 32.1 Å². The Hall–Kier alpha value is -0.530. The zero-order valence-electron chi connectivity index (χ0n) is 13.1. The van der Waals surface area contributed by atoms with Crippen LogP contribution in [-0.4, -0.2) is 11.6 Å². The molecule has 3 rings (SSSR count). The van der Waals surface area contributed by atoms with Crippen LogP contribution in [0.5, 0.6) is 0 Å². The van der Waals surface area contributed by atoms with Gasteiger partial charge in [0.1, 0.15) is 5.60 Å². The number of carbonyl (C=O) groups is 1. The second-order valence-electron chi connectivity index (χ2n) is 8.51. The second-order valence-corrected chi connectivity index (χ2v) is 8.51. The summed E-state index contributed by atoms with van der Waals surface area (Å²) in [5.74, 6) is 0.616. The van der Waals surface area contributed by atoms with E-state index >= 15 is 0 Å². The Morgan fingerprint density at radius 2 is 1.79 bits per heavy atom. The first-order valence-electron chi connectivity index (χ1n) is 7.87. The highest BCUT2D eigenvalue weighted by Crippen LogP contribution is 2.76. The number of esters is 1. The molecular formula is C17H28O2. The molecule has 0 aliphatic heterocycles.